The molecule has 1 aromatic carbocycles. The number of imide groups is 1. The lowest BCUT2D eigenvalue weighted by atomic mass is 10.1. The predicted octanol–water partition coefficient (Wildman–Crippen LogP) is 2.22. The van der Waals surface area contributed by atoms with E-state index >= 15 is 0 Å². The Labute approximate surface area is 185 Å². The number of aromatic nitrogens is 1. The zero-order valence-corrected chi connectivity index (χ0v) is 18.4. The van der Waals surface area contributed by atoms with E-state index in [1.807, 2.05) is 0 Å². The number of nitrogens with one attached hydrogen (secondary N) is 3. The number of aryl methyl sites for hydroxylation is 1. The van der Waals surface area contributed by atoms with Crippen LogP contribution in [0.3, 0.4) is 0 Å². The van der Waals surface area contributed by atoms with Crippen molar-refractivity contribution in [3.05, 3.63) is 47.4 Å². The maximum Gasteiger partial charge on any atom is 0.330 e. The van der Waals surface area contributed by atoms with Gasteiger partial charge >= 0.3 is 6.03 Å². The molecule has 3 amide bonds. The van der Waals surface area contributed by atoms with Crippen molar-refractivity contribution in [3.8, 4) is 5.75 Å². The van der Waals surface area contributed by atoms with Gasteiger partial charge in [0.05, 0.1) is 12.4 Å². The molecular formula is C21H25FN4O5S. The quantitative estimate of drug-likeness (QED) is 0.466. The van der Waals surface area contributed by atoms with Crippen LogP contribution in [0.25, 0.3) is 0 Å². The van der Waals surface area contributed by atoms with E-state index in [-0.39, 0.29) is 24.5 Å². The van der Waals surface area contributed by atoms with Crippen molar-refractivity contribution >= 4 is 27.8 Å². The van der Waals surface area contributed by atoms with Gasteiger partial charge in [0, 0.05) is 12.2 Å². The molecule has 4 rings (SSSR count). The summed E-state index contributed by atoms with van der Waals surface area (Å²) in [6.07, 6.45) is 3.99. The van der Waals surface area contributed by atoms with E-state index in [2.05, 4.69) is 15.0 Å². The highest BCUT2D eigenvalue weighted by Gasteiger charge is 2.29. The third kappa shape index (κ3) is 5.46. The second kappa shape index (κ2) is 8.91. The summed E-state index contributed by atoms with van der Waals surface area (Å²) in [6, 6.07) is 4.90. The Morgan fingerprint density at radius 2 is 2.06 bits per heavy atom. The number of benzene rings is 1. The highest BCUT2D eigenvalue weighted by atomic mass is 32.2. The molecule has 0 spiro atoms. The van der Waals surface area contributed by atoms with E-state index in [4.69, 9.17) is 4.74 Å². The third-order valence-corrected chi connectivity index (χ3v) is 6.91. The van der Waals surface area contributed by atoms with Crippen molar-refractivity contribution in [3.63, 3.8) is 0 Å². The summed E-state index contributed by atoms with van der Waals surface area (Å²) in [5.74, 6) is -0.0126. The smallest absolute Gasteiger partial charge is 0.330 e. The second-order valence-corrected chi connectivity index (χ2v) is 10.1. The summed E-state index contributed by atoms with van der Waals surface area (Å²) in [6.45, 7) is 2.07. The van der Waals surface area contributed by atoms with Crippen LogP contribution < -0.4 is 19.7 Å². The first kappa shape index (κ1) is 22.3. The van der Waals surface area contributed by atoms with Crippen molar-refractivity contribution in [1.82, 2.24) is 15.0 Å². The van der Waals surface area contributed by atoms with E-state index < -0.39 is 33.8 Å². The van der Waals surface area contributed by atoms with Crippen LogP contribution in [0.2, 0.25) is 0 Å². The van der Waals surface area contributed by atoms with Crippen LogP contribution in [0.1, 0.15) is 36.9 Å². The van der Waals surface area contributed by atoms with E-state index in [0.29, 0.717) is 29.5 Å². The molecule has 0 radical (unpaired) electrons. The molecule has 0 unspecified atom stereocenters. The minimum atomic E-state index is -3.64. The molecule has 11 heteroatoms. The number of ether oxygens (including phenoxy) is 1. The molecule has 0 bridgehead atoms. The fraction of sp³-hybridized carbons (Fsp3) is 0.429. The Kier molecular flexibility index (Phi) is 6.20. The van der Waals surface area contributed by atoms with Crippen molar-refractivity contribution in [2.45, 2.75) is 32.2 Å². The van der Waals surface area contributed by atoms with Crippen molar-refractivity contribution < 1.29 is 27.1 Å². The summed E-state index contributed by atoms with van der Waals surface area (Å²) in [5, 5.41) is 2.18. The Balaban J connectivity index is 1.33. The van der Waals surface area contributed by atoms with Gasteiger partial charge in [-0.25, -0.2) is 22.3 Å². The number of H-pyrrole nitrogens is 1. The van der Waals surface area contributed by atoms with Crippen LogP contribution in [-0.4, -0.2) is 44.2 Å². The lowest BCUT2D eigenvalue weighted by molar-refractivity contribution is -0.117. The number of rotatable bonds is 10. The number of anilines is 1. The standard InChI is InChI=1S/C21H25FN4O5S/c1-13(16-4-5-17(22)18(9-16)31-12-14-2-3-14)25-32(29,30)7-6-15-8-19(23-10-15)26-11-20(27)24-21(26)28/h4-5,8-10,13-14,23,25H,2-3,6-7,11-12H2,1H3,(H,24,27,28)/t13-/m1/s1. The average Bonchev–Trinajstić information content (AvgIpc) is 3.33. The van der Waals surface area contributed by atoms with E-state index in [1.54, 1.807) is 19.2 Å². The van der Waals surface area contributed by atoms with Gasteiger partial charge in [0.25, 0.3) is 0 Å². The first-order valence-electron chi connectivity index (χ1n) is 10.4. The molecule has 3 N–H and O–H groups in total. The Morgan fingerprint density at radius 3 is 2.75 bits per heavy atom. The summed E-state index contributed by atoms with van der Waals surface area (Å²) < 4.78 is 47.3. The van der Waals surface area contributed by atoms with Crippen LogP contribution in [0.5, 0.6) is 5.75 Å². The van der Waals surface area contributed by atoms with E-state index in [1.165, 1.54) is 23.1 Å². The Morgan fingerprint density at radius 1 is 1.28 bits per heavy atom. The molecule has 172 valence electrons. The lowest BCUT2D eigenvalue weighted by Crippen LogP contribution is -2.30. The molecule has 32 heavy (non-hydrogen) atoms. The summed E-state index contributed by atoms with van der Waals surface area (Å²) in [5.41, 5.74) is 1.29. The minimum Gasteiger partial charge on any atom is -0.490 e. The fourth-order valence-corrected chi connectivity index (χ4v) is 4.70. The van der Waals surface area contributed by atoms with E-state index in [0.717, 1.165) is 12.8 Å². The normalized spacial score (nSPS) is 17.5. The van der Waals surface area contributed by atoms with E-state index in [9.17, 15) is 22.4 Å². The van der Waals surface area contributed by atoms with Crippen molar-refractivity contribution in [1.29, 1.82) is 0 Å². The number of nitrogens with zero attached hydrogens (tertiary/aromatic N) is 1. The predicted molar refractivity (Wildman–Crippen MR) is 115 cm³/mol. The molecule has 2 heterocycles. The van der Waals surface area contributed by atoms with Crippen LogP contribution in [0.4, 0.5) is 15.0 Å². The lowest BCUT2D eigenvalue weighted by Gasteiger charge is -2.16. The van der Waals surface area contributed by atoms with Crippen LogP contribution >= 0.6 is 0 Å². The topological polar surface area (TPSA) is 121 Å². The molecular weight excluding hydrogens is 439 g/mol. The molecule has 1 saturated heterocycles. The van der Waals surface area contributed by atoms with Gasteiger partial charge in [-0.1, -0.05) is 6.07 Å². The van der Waals surface area contributed by atoms with Gasteiger partial charge in [-0.3, -0.25) is 15.0 Å². The molecule has 2 aromatic rings. The number of amides is 3. The molecule has 1 aromatic heterocycles. The first-order chi connectivity index (χ1) is 15.2. The molecule has 1 saturated carbocycles. The molecule has 1 atom stereocenters. The highest BCUT2D eigenvalue weighted by Crippen LogP contribution is 2.31. The Hall–Kier alpha value is -2.92. The average molecular weight is 465 g/mol. The van der Waals surface area contributed by atoms with Gasteiger partial charge in [-0.2, -0.15) is 0 Å². The van der Waals surface area contributed by atoms with Crippen LogP contribution in [-0.2, 0) is 21.2 Å². The van der Waals surface area contributed by atoms with Crippen molar-refractivity contribution in [2.75, 3.05) is 23.8 Å². The zero-order valence-electron chi connectivity index (χ0n) is 17.6. The number of urea groups is 1. The van der Waals surface area contributed by atoms with Gasteiger partial charge in [-0.15, -0.1) is 0 Å². The molecule has 1 aliphatic carbocycles. The SMILES string of the molecule is C[C@@H](NS(=O)(=O)CCc1c[nH]c(N2CC(=O)NC2=O)c1)c1ccc(F)c(OCC2CC2)c1. The zero-order chi connectivity index (χ0) is 22.9. The number of aromatic amines is 1. The number of hydrogen-bond donors (Lipinski definition) is 3. The van der Waals surface area contributed by atoms with Crippen molar-refractivity contribution in [2.24, 2.45) is 5.92 Å². The number of halogens is 1. The van der Waals surface area contributed by atoms with Gasteiger partial charge in [0.1, 0.15) is 12.4 Å². The highest BCUT2D eigenvalue weighted by molar-refractivity contribution is 7.89. The maximum absolute atomic E-state index is 14.0. The van der Waals surface area contributed by atoms with Gasteiger partial charge < -0.3 is 9.72 Å². The van der Waals surface area contributed by atoms with Gasteiger partial charge in [-0.05, 0) is 61.4 Å². The largest absolute Gasteiger partial charge is 0.490 e. The minimum absolute atomic E-state index is 0.0832. The molecule has 2 aliphatic rings. The van der Waals surface area contributed by atoms with Gasteiger partial charge in [0.2, 0.25) is 15.9 Å². The number of carbonyl (C=O) groups excluding carboxylic acids is 2. The maximum atomic E-state index is 14.0. The summed E-state index contributed by atoms with van der Waals surface area (Å²) in [4.78, 5) is 27.2. The first-order valence-corrected chi connectivity index (χ1v) is 12.1. The fourth-order valence-electron chi connectivity index (χ4n) is 3.40. The molecule has 2 fully saturated rings. The molecule has 1 aliphatic heterocycles. The van der Waals surface area contributed by atoms with Gasteiger partial charge in [0.15, 0.2) is 11.6 Å². The number of carbonyl (C=O) groups is 2. The molecule has 9 nitrogen and oxygen atoms in total. The third-order valence-electron chi connectivity index (χ3n) is 5.45. The summed E-state index contributed by atoms with van der Waals surface area (Å²) >= 11 is 0. The Bertz CT molecular complexity index is 1130. The summed E-state index contributed by atoms with van der Waals surface area (Å²) in [7, 11) is -3.64. The van der Waals surface area contributed by atoms with Crippen LogP contribution in [0, 0.1) is 11.7 Å². The van der Waals surface area contributed by atoms with Crippen LogP contribution in [0.15, 0.2) is 30.5 Å². The monoisotopic (exact) mass is 464 g/mol. The second-order valence-electron chi connectivity index (χ2n) is 8.19. The number of hydrogen-bond acceptors (Lipinski definition) is 5. The number of sulfonamides is 1.